The number of hydrogen-bond acceptors (Lipinski definition) is 4. The van der Waals surface area contributed by atoms with Crippen LogP contribution in [0.4, 0.5) is 5.82 Å². The third-order valence-electron chi connectivity index (χ3n) is 8.36. The van der Waals surface area contributed by atoms with Gasteiger partial charge in [0.2, 0.25) is 0 Å². The number of carbonyl (C=O) groups is 1. The van der Waals surface area contributed by atoms with Crippen molar-refractivity contribution >= 4 is 23.9 Å². The highest BCUT2D eigenvalue weighted by atomic mass is 16.1. The zero-order valence-corrected chi connectivity index (χ0v) is 21.2. The summed E-state index contributed by atoms with van der Waals surface area (Å²) < 4.78 is 0. The highest BCUT2D eigenvalue weighted by Crippen LogP contribution is 2.47. The van der Waals surface area contributed by atoms with E-state index < -0.39 is 5.41 Å². The van der Waals surface area contributed by atoms with E-state index in [1.807, 2.05) is 25.1 Å². The fourth-order valence-corrected chi connectivity index (χ4v) is 5.97. The zero-order chi connectivity index (χ0) is 24.9. The fourth-order valence-electron chi connectivity index (χ4n) is 5.97. The highest BCUT2D eigenvalue weighted by molar-refractivity contribution is 5.94. The van der Waals surface area contributed by atoms with Gasteiger partial charge in [-0.05, 0) is 86.1 Å². The van der Waals surface area contributed by atoms with E-state index in [9.17, 15) is 10.1 Å². The van der Waals surface area contributed by atoms with E-state index in [1.165, 1.54) is 35.6 Å². The van der Waals surface area contributed by atoms with Gasteiger partial charge in [-0.15, -0.1) is 0 Å². The fraction of sp³-hybridized carbons (Fsp3) is 0.419. The first-order valence-corrected chi connectivity index (χ1v) is 13.2. The van der Waals surface area contributed by atoms with E-state index in [-0.39, 0.29) is 11.3 Å². The number of anilines is 1. The van der Waals surface area contributed by atoms with Crippen LogP contribution in [-0.2, 0) is 11.8 Å². The number of carbonyl (C=O) groups excluding carboxylic acids is 1. The van der Waals surface area contributed by atoms with Crippen molar-refractivity contribution in [3.8, 4) is 6.07 Å². The maximum Gasteiger partial charge on any atom is 0.251 e. The van der Waals surface area contributed by atoms with Crippen molar-refractivity contribution in [1.29, 1.82) is 5.26 Å². The van der Waals surface area contributed by atoms with Crippen LogP contribution in [0.25, 0.3) is 12.2 Å². The van der Waals surface area contributed by atoms with Gasteiger partial charge in [-0.1, -0.05) is 36.3 Å². The second-order valence-corrected chi connectivity index (χ2v) is 11.4. The van der Waals surface area contributed by atoms with Gasteiger partial charge >= 0.3 is 0 Å². The third kappa shape index (κ3) is 4.23. The number of fused-ring (bicyclic) bond motifs is 2. The molecule has 2 heterocycles. The molecule has 1 aliphatic heterocycles. The molecular formula is C31H33N4O. The first kappa shape index (κ1) is 23.0. The molecule has 2 atom stereocenters. The Kier molecular flexibility index (Phi) is 5.52. The summed E-state index contributed by atoms with van der Waals surface area (Å²) in [6.07, 6.45) is 12.9. The Labute approximate surface area is 213 Å². The van der Waals surface area contributed by atoms with Crippen LogP contribution >= 0.6 is 0 Å². The van der Waals surface area contributed by atoms with E-state index >= 15 is 0 Å². The molecule has 0 bridgehead atoms. The van der Waals surface area contributed by atoms with Crippen molar-refractivity contribution in [2.75, 3.05) is 24.5 Å². The number of nitrogens with zero attached hydrogens (tertiary/aromatic N) is 3. The lowest BCUT2D eigenvalue weighted by Crippen LogP contribution is -2.42. The molecule has 1 N–H and O–H groups in total. The summed E-state index contributed by atoms with van der Waals surface area (Å²) in [4.78, 5) is 20.6. The van der Waals surface area contributed by atoms with Gasteiger partial charge in [0.1, 0.15) is 5.82 Å². The number of amides is 1. The van der Waals surface area contributed by atoms with Crippen LogP contribution < -0.4 is 20.8 Å². The number of nitrogens with one attached hydrogen (secondary N) is 1. The standard InChI is InChI=1S/C31H33N4O/c1-30(11-10-21-8-9-28(34-27(21)18-30)35-12-4-3-5-13-35)20-33-29(36)23-7-6-22-14-24-15-25(24)17-31(2,19-32)26(22)16-23/h6-10,15-16,18H,3-5,11-14,17,20H2,1-2H3,(H,33,36)/t30?,31-/m0/s1. The summed E-state index contributed by atoms with van der Waals surface area (Å²) in [6.45, 7) is 6.86. The summed E-state index contributed by atoms with van der Waals surface area (Å²) in [7, 11) is 0. The lowest BCUT2D eigenvalue weighted by molar-refractivity contribution is 0.0943. The highest BCUT2D eigenvalue weighted by Gasteiger charge is 2.39. The molecule has 1 aromatic heterocycles. The number of aromatic nitrogens is 1. The lowest BCUT2D eigenvalue weighted by atomic mass is 9.77. The predicted molar refractivity (Wildman–Crippen MR) is 143 cm³/mol. The summed E-state index contributed by atoms with van der Waals surface area (Å²) in [5.74, 6) is 0.971. The Balaban J connectivity index is 1.20. The van der Waals surface area contributed by atoms with Crippen LogP contribution in [0.2, 0.25) is 0 Å². The van der Waals surface area contributed by atoms with E-state index in [4.69, 9.17) is 4.98 Å². The van der Waals surface area contributed by atoms with Crippen LogP contribution in [-0.4, -0.2) is 30.5 Å². The maximum atomic E-state index is 13.2. The second-order valence-electron chi connectivity index (χ2n) is 11.4. The Hall–Kier alpha value is -3.39. The molecule has 4 aliphatic rings. The van der Waals surface area contributed by atoms with E-state index in [1.54, 1.807) is 0 Å². The van der Waals surface area contributed by atoms with Gasteiger partial charge in [0, 0.05) is 37.0 Å². The van der Waals surface area contributed by atoms with E-state index in [0.29, 0.717) is 12.1 Å². The minimum absolute atomic E-state index is 0.0881. The molecular weight excluding hydrogens is 444 g/mol. The first-order valence-electron chi connectivity index (χ1n) is 13.2. The first-order chi connectivity index (χ1) is 17.4. The number of allylic oxidation sites excluding steroid dienone is 2. The molecule has 2 aromatic rings. The summed E-state index contributed by atoms with van der Waals surface area (Å²) in [5.41, 5.74) is 4.62. The van der Waals surface area contributed by atoms with Crippen LogP contribution in [0.5, 0.6) is 0 Å². The average Bonchev–Trinajstić information content (AvgIpc) is 3.64. The smallest absolute Gasteiger partial charge is 0.251 e. The monoisotopic (exact) mass is 477 g/mol. The molecule has 5 nitrogen and oxygen atoms in total. The second kappa shape index (κ2) is 8.62. The number of pyridine rings is 1. The van der Waals surface area contributed by atoms with Gasteiger partial charge in [-0.3, -0.25) is 4.79 Å². The van der Waals surface area contributed by atoms with Gasteiger partial charge in [0.25, 0.3) is 5.91 Å². The minimum Gasteiger partial charge on any atom is -0.357 e. The predicted octanol–water partition coefficient (Wildman–Crippen LogP) is 3.71. The van der Waals surface area contributed by atoms with Gasteiger partial charge < -0.3 is 10.2 Å². The Bertz CT molecular complexity index is 1440. The molecule has 0 spiro atoms. The van der Waals surface area contributed by atoms with Gasteiger partial charge in [0.15, 0.2) is 0 Å². The maximum absolute atomic E-state index is 13.2. The Morgan fingerprint density at radius 2 is 1.97 bits per heavy atom. The van der Waals surface area contributed by atoms with Gasteiger partial charge in [-0.2, -0.15) is 5.26 Å². The molecule has 3 aliphatic carbocycles. The van der Waals surface area contributed by atoms with Crippen molar-refractivity contribution in [2.45, 2.75) is 57.8 Å². The summed E-state index contributed by atoms with van der Waals surface area (Å²) in [6, 6.07) is 12.7. The van der Waals surface area contributed by atoms with Crippen molar-refractivity contribution in [1.82, 2.24) is 10.3 Å². The van der Waals surface area contributed by atoms with E-state index in [2.05, 4.69) is 53.9 Å². The number of benzene rings is 1. The van der Waals surface area contributed by atoms with Crippen molar-refractivity contribution in [2.24, 2.45) is 5.41 Å². The summed E-state index contributed by atoms with van der Waals surface area (Å²) >= 11 is 0. The van der Waals surface area contributed by atoms with Crippen molar-refractivity contribution < 1.29 is 4.79 Å². The normalized spacial score (nSPS) is 26.3. The molecule has 1 saturated heterocycles. The number of piperidine rings is 1. The summed E-state index contributed by atoms with van der Waals surface area (Å²) in [5, 5.41) is 15.3. The van der Waals surface area contributed by atoms with Gasteiger partial charge in [0.05, 0.1) is 16.8 Å². The largest absolute Gasteiger partial charge is 0.357 e. The molecule has 5 heteroatoms. The Morgan fingerprint density at radius 1 is 1.14 bits per heavy atom. The average molecular weight is 478 g/mol. The Morgan fingerprint density at radius 3 is 2.78 bits per heavy atom. The molecule has 1 radical (unpaired) electrons. The zero-order valence-electron chi connectivity index (χ0n) is 21.2. The van der Waals surface area contributed by atoms with E-state index in [0.717, 1.165) is 54.6 Å². The minimum atomic E-state index is -0.602. The van der Waals surface area contributed by atoms with Crippen LogP contribution in [0.1, 0.15) is 67.4 Å². The molecule has 1 fully saturated rings. The van der Waals surface area contributed by atoms with Crippen LogP contribution in [0.15, 0.2) is 41.5 Å². The molecule has 1 aromatic carbocycles. The molecule has 0 saturated carbocycles. The molecule has 1 unspecified atom stereocenters. The van der Waals surface area contributed by atoms with Crippen LogP contribution in [0, 0.1) is 23.2 Å². The molecule has 183 valence electrons. The SMILES string of the molecule is CC1(CNC(=O)c2ccc3c(c2)[C@](C)(C#N)CC2=C([CH]2)C3)C=c2nc(N3CCCCC3)ccc2=CC1. The number of nitriles is 1. The van der Waals surface area contributed by atoms with Crippen molar-refractivity contribution in [3.05, 3.63) is 75.2 Å². The lowest BCUT2D eigenvalue weighted by Gasteiger charge is -2.29. The number of hydrogen-bond donors (Lipinski definition) is 1. The molecule has 1 amide bonds. The topological polar surface area (TPSA) is 69.0 Å². The molecule has 6 rings (SSSR count). The van der Waals surface area contributed by atoms with Crippen molar-refractivity contribution in [3.63, 3.8) is 0 Å². The van der Waals surface area contributed by atoms with Gasteiger partial charge in [-0.25, -0.2) is 4.98 Å². The molecule has 36 heavy (non-hydrogen) atoms. The number of rotatable bonds is 4. The van der Waals surface area contributed by atoms with Crippen LogP contribution in [0.3, 0.4) is 0 Å². The third-order valence-corrected chi connectivity index (χ3v) is 8.36. The quantitative estimate of drug-likeness (QED) is 0.729.